The van der Waals surface area contributed by atoms with E-state index in [2.05, 4.69) is 51.3 Å². The highest BCUT2D eigenvalue weighted by Gasteiger charge is 2.39. The molecule has 44 heavy (non-hydrogen) atoms. The largest absolute Gasteiger partial charge is 0.490 e. The summed E-state index contributed by atoms with van der Waals surface area (Å²) in [5.41, 5.74) is 5.48. The number of alkyl halides is 6. The van der Waals surface area contributed by atoms with Gasteiger partial charge in [-0.25, -0.2) is 24.4 Å². The molecule has 0 unspecified atom stereocenters. The molecule has 1 aromatic heterocycles. The van der Waals surface area contributed by atoms with Crippen LogP contribution < -0.4 is 0 Å². The van der Waals surface area contributed by atoms with E-state index in [1.807, 2.05) is 20.8 Å². The molecule has 0 fully saturated rings. The van der Waals surface area contributed by atoms with Gasteiger partial charge in [-0.1, -0.05) is 36.4 Å². The van der Waals surface area contributed by atoms with Crippen molar-refractivity contribution in [1.29, 1.82) is 0 Å². The fraction of sp³-hybridized carbons (Fsp3) is 0.464. The van der Waals surface area contributed by atoms with Crippen molar-refractivity contribution in [1.82, 2.24) is 19.8 Å². The summed E-state index contributed by atoms with van der Waals surface area (Å²) in [4.78, 5) is 43.5. The van der Waals surface area contributed by atoms with Crippen LogP contribution in [0.4, 0.5) is 31.1 Å². The van der Waals surface area contributed by atoms with Crippen LogP contribution in [0.2, 0.25) is 0 Å². The van der Waals surface area contributed by atoms with Crippen molar-refractivity contribution in [3.8, 4) is 0 Å². The molecule has 0 saturated carbocycles. The van der Waals surface area contributed by atoms with Gasteiger partial charge in [-0.05, 0) is 38.3 Å². The molecule has 1 aromatic carbocycles. The van der Waals surface area contributed by atoms with Crippen LogP contribution in [0.25, 0.3) is 5.57 Å². The summed E-state index contributed by atoms with van der Waals surface area (Å²) in [6.45, 7) is 9.67. The number of hydrogen-bond acceptors (Lipinski definition) is 7. The lowest BCUT2D eigenvalue weighted by Gasteiger charge is -2.32. The number of aromatic nitrogens is 2. The van der Waals surface area contributed by atoms with Crippen molar-refractivity contribution >= 4 is 23.6 Å². The number of halogens is 6. The van der Waals surface area contributed by atoms with E-state index in [1.54, 1.807) is 11.2 Å². The van der Waals surface area contributed by atoms with E-state index in [9.17, 15) is 31.1 Å². The van der Waals surface area contributed by atoms with Crippen molar-refractivity contribution in [2.45, 2.75) is 64.7 Å². The summed E-state index contributed by atoms with van der Waals surface area (Å²) in [6.07, 6.45) is -4.90. The quantitative estimate of drug-likeness (QED) is 0.430. The molecule has 0 atom stereocenters. The molecule has 0 saturated heterocycles. The minimum absolute atomic E-state index is 0.253. The smallest absolute Gasteiger partial charge is 0.475 e. The molecule has 0 bridgehead atoms. The van der Waals surface area contributed by atoms with Crippen LogP contribution in [0.15, 0.2) is 42.7 Å². The Morgan fingerprint density at radius 2 is 1.45 bits per heavy atom. The maximum atomic E-state index is 12.3. The normalized spacial score (nSPS) is 15.4. The molecular formula is C28H32F6N4O6. The summed E-state index contributed by atoms with van der Waals surface area (Å²) in [5.74, 6) is -5.51. The second-order valence-electron chi connectivity index (χ2n) is 10.6. The Morgan fingerprint density at radius 3 is 1.93 bits per heavy atom. The highest BCUT2D eigenvalue weighted by atomic mass is 19.4. The van der Waals surface area contributed by atoms with E-state index in [4.69, 9.17) is 24.5 Å². The molecule has 242 valence electrons. The Morgan fingerprint density at radius 1 is 0.886 bits per heavy atom. The van der Waals surface area contributed by atoms with Crippen LogP contribution in [0.3, 0.4) is 0 Å². The lowest BCUT2D eigenvalue weighted by Crippen LogP contribution is -2.39. The Labute approximate surface area is 249 Å². The SMILES string of the molecule is CC(C)(C)OC(=O)N1CC=C(c2ncnc3c2CN(Cc2ccccc2)CC3)CC1.O=C(O)C(F)(F)F.O=C(O)C(F)(F)F. The molecule has 4 rings (SSSR count). The van der Waals surface area contributed by atoms with Crippen LogP contribution in [0.5, 0.6) is 0 Å². The van der Waals surface area contributed by atoms with Gasteiger partial charge in [-0.15, -0.1) is 0 Å². The summed E-state index contributed by atoms with van der Waals surface area (Å²) >= 11 is 0. The van der Waals surface area contributed by atoms with E-state index in [0.717, 1.165) is 43.9 Å². The van der Waals surface area contributed by atoms with Gasteiger partial charge in [-0.2, -0.15) is 26.3 Å². The van der Waals surface area contributed by atoms with Crippen LogP contribution in [-0.4, -0.2) is 85.6 Å². The van der Waals surface area contributed by atoms with E-state index in [-0.39, 0.29) is 6.09 Å². The second kappa shape index (κ2) is 15.0. The lowest BCUT2D eigenvalue weighted by molar-refractivity contribution is -0.193. The highest BCUT2D eigenvalue weighted by molar-refractivity contribution is 5.74. The number of carboxylic acid groups (broad SMARTS) is 2. The van der Waals surface area contributed by atoms with Crippen LogP contribution in [0.1, 0.15) is 49.7 Å². The number of hydrogen-bond donors (Lipinski definition) is 2. The van der Waals surface area contributed by atoms with E-state index >= 15 is 0 Å². The lowest BCUT2D eigenvalue weighted by atomic mass is 9.95. The number of carbonyl (C=O) groups excluding carboxylic acids is 1. The van der Waals surface area contributed by atoms with Gasteiger partial charge in [0.15, 0.2) is 0 Å². The molecule has 1 amide bonds. The number of carboxylic acids is 2. The molecule has 0 spiro atoms. The first-order valence-corrected chi connectivity index (χ1v) is 13.1. The molecule has 3 heterocycles. The standard InChI is InChI=1S/C24H30N4O2.2C2HF3O2/c1-24(2,3)30-23(29)28-13-9-19(10-14-28)22-20-16-27(12-11-21(20)25-17-26-22)15-18-7-5-4-6-8-18;2*3-2(4,5)1(6)7/h4-9,17H,10-16H2,1-3H3;2*(H,6,7). The molecule has 2 aromatic rings. The molecule has 16 heteroatoms. The van der Waals surface area contributed by atoms with E-state index in [0.29, 0.717) is 13.1 Å². The maximum Gasteiger partial charge on any atom is 0.490 e. The van der Waals surface area contributed by atoms with E-state index < -0.39 is 29.9 Å². The van der Waals surface area contributed by atoms with Gasteiger partial charge >= 0.3 is 30.4 Å². The summed E-state index contributed by atoms with van der Waals surface area (Å²) in [7, 11) is 0. The van der Waals surface area contributed by atoms with Crippen molar-refractivity contribution < 1.29 is 55.7 Å². The first kappa shape index (κ1) is 36.0. The minimum Gasteiger partial charge on any atom is -0.475 e. The number of nitrogens with zero attached hydrogens (tertiary/aromatic N) is 4. The summed E-state index contributed by atoms with van der Waals surface area (Å²) in [5, 5.41) is 14.2. The monoisotopic (exact) mass is 634 g/mol. The number of amides is 1. The van der Waals surface area contributed by atoms with Gasteiger partial charge in [0.25, 0.3) is 0 Å². The van der Waals surface area contributed by atoms with Crippen molar-refractivity contribution in [2.75, 3.05) is 19.6 Å². The number of ether oxygens (including phenoxy) is 1. The van der Waals surface area contributed by atoms with Gasteiger partial charge in [0.1, 0.15) is 11.9 Å². The first-order chi connectivity index (χ1) is 20.3. The molecule has 10 nitrogen and oxygen atoms in total. The topological polar surface area (TPSA) is 133 Å². The third-order valence-corrected chi connectivity index (χ3v) is 5.98. The third kappa shape index (κ3) is 11.8. The molecule has 2 aliphatic rings. The van der Waals surface area contributed by atoms with Crippen LogP contribution in [-0.2, 0) is 33.8 Å². The van der Waals surface area contributed by atoms with Gasteiger partial charge in [0, 0.05) is 44.7 Å². The first-order valence-electron chi connectivity index (χ1n) is 13.1. The Balaban J connectivity index is 0.000000402. The van der Waals surface area contributed by atoms with Crippen molar-refractivity contribution in [3.05, 3.63) is 65.2 Å². The van der Waals surface area contributed by atoms with Crippen LogP contribution in [0, 0.1) is 0 Å². The Kier molecular flexibility index (Phi) is 12.3. The average molecular weight is 635 g/mol. The zero-order chi connectivity index (χ0) is 33.3. The molecule has 2 aliphatic heterocycles. The maximum absolute atomic E-state index is 12.3. The zero-order valence-electron chi connectivity index (χ0n) is 24.1. The molecular weight excluding hydrogens is 602 g/mol. The predicted octanol–water partition coefficient (Wildman–Crippen LogP) is 5.33. The number of aliphatic carboxylic acids is 2. The number of rotatable bonds is 3. The molecule has 0 aliphatic carbocycles. The fourth-order valence-electron chi connectivity index (χ4n) is 4.03. The number of fused-ring (bicyclic) bond motifs is 1. The van der Waals surface area contributed by atoms with E-state index in [1.165, 1.54) is 16.7 Å². The van der Waals surface area contributed by atoms with Crippen LogP contribution >= 0.6 is 0 Å². The predicted molar refractivity (Wildman–Crippen MR) is 144 cm³/mol. The Bertz CT molecular complexity index is 1300. The Hall–Kier alpha value is -4.21. The van der Waals surface area contributed by atoms with Gasteiger partial charge in [0.05, 0.1) is 11.4 Å². The molecule has 2 N–H and O–H groups in total. The van der Waals surface area contributed by atoms with Gasteiger partial charge in [-0.3, -0.25) is 4.90 Å². The minimum atomic E-state index is -5.08. The summed E-state index contributed by atoms with van der Waals surface area (Å²) < 4.78 is 69.0. The number of carbonyl (C=O) groups is 3. The average Bonchev–Trinajstić information content (AvgIpc) is 2.92. The zero-order valence-corrected chi connectivity index (χ0v) is 24.1. The highest BCUT2D eigenvalue weighted by Crippen LogP contribution is 2.29. The fourth-order valence-corrected chi connectivity index (χ4v) is 4.03. The summed E-state index contributed by atoms with van der Waals surface area (Å²) in [6, 6.07) is 10.6. The number of benzene rings is 1. The third-order valence-electron chi connectivity index (χ3n) is 5.98. The molecule has 0 radical (unpaired) electrons. The van der Waals surface area contributed by atoms with Gasteiger partial charge in [0.2, 0.25) is 0 Å². The second-order valence-corrected chi connectivity index (χ2v) is 10.6. The van der Waals surface area contributed by atoms with Crippen molar-refractivity contribution in [2.24, 2.45) is 0 Å². The van der Waals surface area contributed by atoms with Crippen molar-refractivity contribution in [3.63, 3.8) is 0 Å². The van der Waals surface area contributed by atoms with Gasteiger partial charge < -0.3 is 19.8 Å².